The zero-order valence-corrected chi connectivity index (χ0v) is 15.3. The molecule has 2 rings (SSSR count). The van der Waals surface area contributed by atoms with Crippen molar-refractivity contribution in [2.45, 2.75) is 38.6 Å². The van der Waals surface area contributed by atoms with Crippen LogP contribution in [-0.2, 0) is 9.59 Å². The zero-order valence-electron chi connectivity index (χ0n) is 15.3. The Kier molecular flexibility index (Phi) is 6.82. The van der Waals surface area contributed by atoms with Gasteiger partial charge in [-0.15, -0.1) is 0 Å². The minimum Gasteiger partial charge on any atom is -0.497 e. The van der Waals surface area contributed by atoms with E-state index in [9.17, 15) is 9.59 Å². The van der Waals surface area contributed by atoms with Gasteiger partial charge in [0.05, 0.1) is 19.6 Å². The fourth-order valence-electron chi connectivity index (χ4n) is 3.43. The van der Waals surface area contributed by atoms with Gasteiger partial charge in [0.1, 0.15) is 5.75 Å². The van der Waals surface area contributed by atoms with Gasteiger partial charge in [0.25, 0.3) is 0 Å². The molecule has 1 atom stereocenters. The lowest BCUT2D eigenvalue weighted by atomic mass is 9.97. The van der Waals surface area contributed by atoms with E-state index in [4.69, 9.17) is 9.84 Å². The molecular formula is C19H28N2O4. The molecule has 0 radical (unpaired) electrons. The van der Waals surface area contributed by atoms with Crippen LogP contribution in [0.1, 0.15) is 38.2 Å². The van der Waals surface area contributed by atoms with Gasteiger partial charge >= 0.3 is 5.97 Å². The summed E-state index contributed by atoms with van der Waals surface area (Å²) in [6.07, 6.45) is 1.64. The normalized spacial score (nSPS) is 16.7. The lowest BCUT2D eigenvalue weighted by molar-refractivity contribution is -0.140. The number of hydrogen-bond acceptors (Lipinski definition) is 4. The number of piperidine rings is 1. The predicted molar refractivity (Wildman–Crippen MR) is 95.9 cm³/mol. The van der Waals surface area contributed by atoms with Gasteiger partial charge < -0.3 is 14.7 Å². The molecule has 1 heterocycles. The van der Waals surface area contributed by atoms with Crippen molar-refractivity contribution >= 4 is 11.9 Å². The molecule has 1 aliphatic heterocycles. The molecule has 1 aromatic carbocycles. The molecule has 1 saturated heterocycles. The second-order valence-corrected chi connectivity index (χ2v) is 6.51. The lowest BCUT2D eigenvalue weighted by Gasteiger charge is -2.38. The number of carboxylic acids is 1. The number of benzene rings is 1. The molecule has 1 N–H and O–H groups in total. The van der Waals surface area contributed by atoms with Crippen LogP contribution >= 0.6 is 0 Å². The molecule has 1 fully saturated rings. The Balaban J connectivity index is 1.92. The van der Waals surface area contributed by atoms with Crippen LogP contribution in [0, 0.1) is 0 Å². The number of amides is 1. The Morgan fingerprint density at radius 3 is 2.36 bits per heavy atom. The van der Waals surface area contributed by atoms with Crippen LogP contribution in [0.2, 0.25) is 0 Å². The van der Waals surface area contributed by atoms with Crippen LogP contribution in [0.4, 0.5) is 0 Å². The number of ether oxygens (including phenoxy) is 1. The smallest absolute Gasteiger partial charge is 0.317 e. The molecule has 1 aliphatic rings. The first kappa shape index (κ1) is 19.2. The quantitative estimate of drug-likeness (QED) is 0.818. The number of carbonyl (C=O) groups excluding carboxylic acids is 1. The van der Waals surface area contributed by atoms with Crippen LogP contribution in [0.3, 0.4) is 0 Å². The highest BCUT2D eigenvalue weighted by molar-refractivity contribution is 5.83. The number of hydrogen-bond donors (Lipinski definition) is 1. The molecule has 0 bridgehead atoms. The van der Waals surface area contributed by atoms with E-state index in [1.807, 2.05) is 47.9 Å². The summed E-state index contributed by atoms with van der Waals surface area (Å²) in [6.45, 7) is 6.05. The summed E-state index contributed by atoms with van der Waals surface area (Å²) in [7, 11) is 1.62. The van der Waals surface area contributed by atoms with Gasteiger partial charge in [-0.25, -0.2) is 0 Å². The number of carbonyl (C=O) groups is 2. The molecule has 1 aromatic rings. The molecule has 6 heteroatoms. The minimum atomic E-state index is -0.798. The average molecular weight is 348 g/mol. The number of likely N-dealkylation sites (N-methyl/N-ethyl adjacent to an activating group) is 1. The lowest BCUT2D eigenvalue weighted by Crippen LogP contribution is -2.48. The van der Waals surface area contributed by atoms with E-state index in [2.05, 4.69) is 0 Å². The van der Waals surface area contributed by atoms with Gasteiger partial charge in [0.2, 0.25) is 5.91 Å². The van der Waals surface area contributed by atoms with E-state index in [1.165, 1.54) is 0 Å². The van der Waals surface area contributed by atoms with E-state index in [1.54, 1.807) is 7.11 Å². The minimum absolute atomic E-state index is 0.0668. The van der Waals surface area contributed by atoms with Crippen molar-refractivity contribution in [3.8, 4) is 5.75 Å². The third kappa shape index (κ3) is 4.95. The largest absolute Gasteiger partial charge is 0.497 e. The number of aliphatic carboxylic acids is 1. The molecule has 0 saturated carbocycles. The number of carboxylic acid groups (broad SMARTS) is 1. The molecule has 1 unspecified atom stereocenters. The SMILES string of the molecule is CCN(CC(=O)O)C1CCN(C(=O)C(C)c2ccc(OC)cc2)CC1. The maximum atomic E-state index is 12.8. The number of nitrogens with zero attached hydrogens (tertiary/aromatic N) is 2. The van der Waals surface area contributed by atoms with Gasteiger partial charge in [-0.1, -0.05) is 19.1 Å². The van der Waals surface area contributed by atoms with Crippen molar-refractivity contribution in [1.29, 1.82) is 0 Å². The highest BCUT2D eigenvalue weighted by Crippen LogP contribution is 2.24. The Morgan fingerprint density at radius 1 is 1.28 bits per heavy atom. The molecular weight excluding hydrogens is 320 g/mol. The highest BCUT2D eigenvalue weighted by atomic mass is 16.5. The topological polar surface area (TPSA) is 70.1 Å². The van der Waals surface area contributed by atoms with Crippen LogP contribution in [0.15, 0.2) is 24.3 Å². The maximum Gasteiger partial charge on any atom is 0.317 e. The molecule has 0 spiro atoms. The van der Waals surface area contributed by atoms with Crippen molar-refractivity contribution in [2.24, 2.45) is 0 Å². The average Bonchev–Trinajstić information content (AvgIpc) is 2.65. The van der Waals surface area contributed by atoms with Crippen molar-refractivity contribution in [1.82, 2.24) is 9.80 Å². The monoisotopic (exact) mass is 348 g/mol. The van der Waals surface area contributed by atoms with Gasteiger partial charge in [-0.05, 0) is 44.0 Å². The van der Waals surface area contributed by atoms with Gasteiger partial charge in [0.15, 0.2) is 0 Å². The summed E-state index contributed by atoms with van der Waals surface area (Å²) in [6, 6.07) is 7.84. The summed E-state index contributed by atoms with van der Waals surface area (Å²) >= 11 is 0. The van der Waals surface area contributed by atoms with Crippen molar-refractivity contribution in [2.75, 3.05) is 33.3 Å². The van der Waals surface area contributed by atoms with Gasteiger partial charge in [0, 0.05) is 19.1 Å². The van der Waals surface area contributed by atoms with Crippen molar-refractivity contribution in [3.63, 3.8) is 0 Å². The highest BCUT2D eigenvalue weighted by Gasteiger charge is 2.29. The van der Waals surface area contributed by atoms with Crippen molar-refractivity contribution < 1.29 is 19.4 Å². The van der Waals surface area contributed by atoms with E-state index in [0.29, 0.717) is 19.6 Å². The third-order valence-corrected chi connectivity index (χ3v) is 5.02. The predicted octanol–water partition coefficient (Wildman–Crippen LogP) is 2.20. The first-order valence-electron chi connectivity index (χ1n) is 8.84. The molecule has 1 amide bonds. The van der Waals surface area contributed by atoms with Crippen LogP contribution in [0.25, 0.3) is 0 Å². The second kappa shape index (κ2) is 8.85. The number of methoxy groups -OCH3 is 1. The maximum absolute atomic E-state index is 12.8. The Morgan fingerprint density at radius 2 is 1.88 bits per heavy atom. The second-order valence-electron chi connectivity index (χ2n) is 6.51. The fourth-order valence-corrected chi connectivity index (χ4v) is 3.43. The molecule has 0 aromatic heterocycles. The zero-order chi connectivity index (χ0) is 18.4. The standard InChI is InChI=1S/C19H28N2O4/c1-4-20(13-18(22)23)16-9-11-21(12-10-16)19(24)14(2)15-5-7-17(25-3)8-6-15/h5-8,14,16H,4,9-13H2,1-3H3,(H,22,23). The Bertz CT molecular complexity index is 580. The fraction of sp³-hybridized carbons (Fsp3) is 0.579. The van der Waals surface area contributed by atoms with E-state index in [0.717, 1.165) is 24.2 Å². The Hall–Kier alpha value is -2.08. The summed E-state index contributed by atoms with van der Waals surface area (Å²) in [5.74, 6) is -0.0792. The summed E-state index contributed by atoms with van der Waals surface area (Å²) in [5, 5.41) is 9.01. The van der Waals surface area contributed by atoms with Gasteiger partial charge in [-0.2, -0.15) is 0 Å². The first-order chi connectivity index (χ1) is 12.0. The molecule has 138 valence electrons. The van der Waals surface area contributed by atoms with Crippen molar-refractivity contribution in [3.05, 3.63) is 29.8 Å². The first-order valence-corrected chi connectivity index (χ1v) is 8.84. The van der Waals surface area contributed by atoms with Crippen LogP contribution in [-0.4, -0.2) is 66.1 Å². The molecule has 0 aliphatic carbocycles. The Labute approximate surface area is 149 Å². The number of likely N-dealkylation sites (tertiary alicyclic amines) is 1. The van der Waals surface area contributed by atoms with Gasteiger partial charge in [-0.3, -0.25) is 14.5 Å². The molecule has 6 nitrogen and oxygen atoms in total. The van der Waals surface area contributed by atoms with Crippen LogP contribution < -0.4 is 4.74 Å². The van der Waals surface area contributed by atoms with E-state index in [-0.39, 0.29) is 24.4 Å². The molecule has 25 heavy (non-hydrogen) atoms. The number of rotatable bonds is 7. The van der Waals surface area contributed by atoms with E-state index >= 15 is 0 Å². The summed E-state index contributed by atoms with van der Waals surface area (Å²) < 4.78 is 5.16. The van der Waals surface area contributed by atoms with E-state index < -0.39 is 5.97 Å². The summed E-state index contributed by atoms with van der Waals surface area (Å²) in [4.78, 5) is 27.6. The summed E-state index contributed by atoms with van der Waals surface area (Å²) in [5.41, 5.74) is 0.981. The third-order valence-electron chi connectivity index (χ3n) is 5.02. The van der Waals surface area contributed by atoms with Crippen LogP contribution in [0.5, 0.6) is 5.75 Å².